The first-order valence-corrected chi connectivity index (χ1v) is 9.06. The van der Waals surface area contributed by atoms with E-state index >= 15 is 0 Å². The smallest absolute Gasteiger partial charge is 0.269 e. The van der Waals surface area contributed by atoms with Gasteiger partial charge in [0, 0.05) is 18.9 Å². The molecule has 0 saturated heterocycles. The molecule has 124 valence electrons. The monoisotopic (exact) mass is 341 g/mol. The first-order chi connectivity index (χ1) is 11.5. The molecule has 1 aromatic carbocycles. The highest BCUT2D eigenvalue weighted by Crippen LogP contribution is 2.27. The highest BCUT2D eigenvalue weighted by molar-refractivity contribution is 7.90. The molecule has 0 amide bonds. The van der Waals surface area contributed by atoms with Crippen LogP contribution in [0.3, 0.4) is 0 Å². The molecule has 0 atom stereocenters. The highest BCUT2D eigenvalue weighted by atomic mass is 32.2. The molecular weight excluding hydrogens is 322 g/mol. The van der Waals surface area contributed by atoms with Crippen molar-refractivity contribution in [2.75, 3.05) is 7.05 Å². The van der Waals surface area contributed by atoms with Crippen molar-refractivity contribution in [2.24, 2.45) is 0 Å². The normalized spacial score (nSPS) is 11.6. The predicted octanol–water partition coefficient (Wildman–Crippen LogP) is 2.81. The third-order valence-corrected chi connectivity index (χ3v) is 5.60. The van der Waals surface area contributed by atoms with Crippen molar-refractivity contribution in [3.63, 3.8) is 0 Å². The van der Waals surface area contributed by atoms with Crippen LogP contribution in [0, 0.1) is 6.92 Å². The number of pyridine rings is 1. The van der Waals surface area contributed by atoms with E-state index in [4.69, 9.17) is 0 Å². The van der Waals surface area contributed by atoms with Crippen molar-refractivity contribution in [3.8, 4) is 11.3 Å². The van der Waals surface area contributed by atoms with Gasteiger partial charge in [0.05, 0.1) is 11.4 Å². The molecule has 6 heteroatoms. The van der Waals surface area contributed by atoms with Crippen LogP contribution in [-0.4, -0.2) is 24.4 Å². The van der Waals surface area contributed by atoms with Gasteiger partial charge in [0.2, 0.25) is 0 Å². The molecule has 2 heterocycles. The van der Waals surface area contributed by atoms with Crippen molar-refractivity contribution in [1.29, 1.82) is 0 Å². The topological polar surface area (TPSA) is 64.0 Å². The number of aryl methyl sites for hydroxylation is 1. The van der Waals surface area contributed by atoms with Gasteiger partial charge in [-0.15, -0.1) is 0 Å². The largest absolute Gasteiger partial charge is 0.316 e. The maximum absolute atomic E-state index is 13.2. The molecule has 0 aliphatic heterocycles. The minimum atomic E-state index is -3.72. The Morgan fingerprint density at radius 2 is 1.88 bits per heavy atom. The van der Waals surface area contributed by atoms with Crippen LogP contribution < -0.4 is 5.32 Å². The number of aromatic nitrogens is 2. The average Bonchev–Trinajstić information content (AvgIpc) is 3.01. The molecule has 0 saturated carbocycles. The minimum absolute atomic E-state index is 0.216. The Balaban J connectivity index is 2.22. The third-order valence-electron chi connectivity index (χ3n) is 3.79. The Bertz CT molecular complexity index is 947. The van der Waals surface area contributed by atoms with E-state index in [2.05, 4.69) is 10.3 Å². The molecule has 0 unspecified atom stereocenters. The summed E-state index contributed by atoms with van der Waals surface area (Å²) in [7, 11) is -1.89. The van der Waals surface area contributed by atoms with Crippen LogP contribution in [0.2, 0.25) is 0 Å². The van der Waals surface area contributed by atoms with Gasteiger partial charge < -0.3 is 5.32 Å². The third kappa shape index (κ3) is 2.98. The molecule has 0 aliphatic carbocycles. The fraction of sp³-hybridized carbons (Fsp3) is 0.167. The van der Waals surface area contributed by atoms with Crippen LogP contribution in [0.25, 0.3) is 11.3 Å². The molecule has 3 rings (SSSR count). The summed E-state index contributed by atoms with van der Waals surface area (Å²) in [5, 5.41) is 3.06. The van der Waals surface area contributed by atoms with E-state index in [9.17, 15) is 8.42 Å². The summed E-state index contributed by atoms with van der Waals surface area (Å²) >= 11 is 0. The molecule has 5 nitrogen and oxygen atoms in total. The molecule has 0 fully saturated rings. The maximum Gasteiger partial charge on any atom is 0.269 e. The summed E-state index contributed by atoms with van der Waals surface area (Å²) < 4.78 is 27.7. The Labute approximate surface area is 142 Å². The number of rotatable bonds is 5. The summed E-state index contributed by atoms with van der Waals surface area (Å²) in [5.74, 6) is 0. The second kappa shape index (κ2) is 6.59. The molecule has 3 aromatic rings. The van der Waals surface area contributed by atoms with E-state index in [0.29, 0.717) is 17.9 Å². The summed E-state index contributed by atoms with van der Waals surface area (Å²) in [6.45, 7) is 2.29. The summed E-state index contributed by atoms with van der Waals surface area (Å²) in [4.78, 5) is 4.33. The van der Waals surface area contributed by atoms with Gasteiger partial charge in [-0.2, -0.15) is 0 Å². The second-order valence-electron chi connectivity index (χ2n) is 5.52. The quantitative estimate of drug-likeness (QED) is 0.775. The van der Waals surface area contributed by atoms with Gasteiger partial charge in [0.1, 0.15) is 4.90 Å². The van der Waals surface area contributed by atoms with E-state index in [0.717, 1.165) is 11.1 Å². The van der Waals surface area contributed by atoms with Gasteiger partial charge in [-0.1, -0.05) is 30.3 Å². The van der Waals surface area contributed by atoms with Crippen molar-refractivity contribution < 1.29 is 8.42 Å². The van der Waals surface area contributed by atoms with Crippen molar-refractivity contribution >= 4 is 10.0 Å². The fourth-order valence-corrected chi connectivity index (χ4v) is 4.24. The van der Waals surface area contributed by atoms with Gasteiger partial charge in [0.15, 0.2) is 0 Å². The van der Waals surface area contributed by atoms with E-state index in [1.807, 2.05) is 43.4 Å². The van der Waals surface area contributed by atoms with Crippen LogP contribution in [0.15, 0.2) is 65.8 Å². The molecule has 0 bridgehead atoms. The van der Waals surface area contributed by atoms with Crippen LogP contribution in [0.1, 0.15) is 11.3 Å². The number of nitrogens with one attached hydrogen (secondary N) is 1. The SMILES string of the molecule is CNCc1cc(-c2ccccc2)n(S(=O)(=O)c2cccnc2C)c1. The second-order valence-corrected chi connectivity index (χ2v) is 7.30. The Morgan fingerprint density at radius 1 is 1.12 bits per heavy atom. The van der Waals surface area contributed by atoms with Gasteiger partial charge in [0.25, 0.3) is 10.0 Å². The van der Waals surface area contributed by atoms with Crippen molar-refractivity contribution in [2.45, 2.75) is 18.4 Å². The van der Waals surface area contributed by atoms with Gasteiger partial charge >= 0.3 is 0 Å². The lowest BCUT2D eigenvalue weighted by molar-refractivity contribution is 0.586. The first kappa shape index (κ1) is 16.4. The molecule has 0 aliphatic rings. The lowest BCUT2D eigenvalue weighted by Crippen LogP contribution is -2.15. The van der Waals surface area contributed by atoms with E-state index in [-0.39, 0.29) is 4.90 Å². The van der Waals surface area contributed by atoms with E-state index in [1.165, 1.54) is 3.97 Å². The van der Waals surface area contributed by atoms with Crippen LogP contribution in [0.5, 0.6) is 0 Å². The minimum Gasteiger partial charge on any atom is -0.316 e. The maximum atomic E-state index is 13.2. The number of hydrogen-bond donors (Lipinski definition) is 1. The van der Waals surface area contributed by atoms with E-state index in [1.54, 1.807) is 31.5 Å². The average molecular weight is 341 g/mol. The number of nitrogens with zero attached hydrogens (tertiary/aromatic N) is 2. The molecule has 24 heavy (non-hydrogen) atoms. The van der Waals surface area contributed by atoms with Gasteiger partial charge in [-0.3, -0.25) is 4.98 Å². The zero-order chi connectivity index (χ0) is 17.2. The first-order valence-electron chi connectivity index (χ1n) is 7.62. The zero-order valence-corrected chi connectivity index (χ0v) is 14.4. The molecule has 0 spiro atoms. The van der Waals surface area contributed by atoms with Gasteiger partial charge in [-0.25, -0.2) is 12.4 Å². The molecular formula is C18H19N3O2S. The standard InChI is InChI=1S/C18H19N3O2S/c1-14-18(9-6-10-20-14)24(22,23)21-13-15(12-19-2)11-17(21)16-7-4-3-5-8-16/h3-11,13,19H,12H2,1-2H3. The lowest BCUT2D eigenvalue weighted by atomic mass is 10.1. The van der Waals surface area contributed by atoms with Crippen LogP contribution in [0.4, 0.5) is 0 Å². The number of benzene rings is 1. The summed E-state index contributed by atoms with van der Waals surface area (Å²) in [6.07, 6.45) is 3.26. The number of hydrogen-bond acceptors (Lipinski definition) is 4. The van der Waals surface area contributed by atoms with Crippen LogP contribution >= 0.6 is 0 Å². The zero-order valence-electron chi connectivity index (χ0n) is 13.6. The van der Waals surface area contributed by atoms with E-state index < -0.39 is 10.0 Å². The Hall–Kier alpha value is -2.44. The highest BCUT2D eigenvalue weighted by Gasteiger charge is 2.23. The predicted molar refractivity (Wildman–Crippen MR) is 94.2 cm³/mol. The van der Waals surface area contributed by atoms with Gasteiger partial charge in [-0.05, 0) is 43.3 Å². The summed E-state index contributed by atoms with van der Waals surface area (Å²) in [5.41, 5.74) is 2.89. The Morgan fingerprint density at radius 3 is 2.54 bits per heavy atom. The van der Waals surface area contributed by atoms with Crippen molar-refractivity contribution in [3.05, 3.63) is 72.2 Å². The summed E-state index contributed by atoms with van der Waals surface area (Å²) in [6, 6.07) is 14.6. The molecule has 0 radical (unpaired) electrons. The molecule has 1 N–H and O–H groups in total. The Kier molecular flexibility index (Phi) is 4.51. The van der Waals surface area contributed by atoms with Crippen LogP contribution in [-0.2, 0) is 16.6 Å². The van der Waals surface area contributed by atoms with Crippen molar-refractivity contribution in [1.82, 2.24) is 14.3 Å². The fourth-order valence-electron chi connectivity index (χ4n) is 2.66. The molecule has 2 aromatic heterocycles. The lowest BCUT2D eigenvalue weighted by Gasteiger charge is -2.12.